The van der Waals surface area contributed by atoms with Gasteiger partial charge in [0.2, 0.25) is 0 Å². The van der Waals surface area contributed by atoms with Crippen molar-refractivity contribution in [1.29, 1.82) is 0 Å². The van der Waals surface area contributed by atoms with E-state index in [0.717, 1.165) is 169 Å². The van der Waals surface area contributed by atoms with Gasteiger partial charge in [0, 0.05) is 128 Å². The molecule has 3 fully saturated rings. The van der Waals surface area contributed by atoms with Crippen LogP contribution in [0, 0.1) is 27.7 Å². The third kappa shape index (κ3) is 15.1. The summed E-state index contributed by atoms with van der Waals surface area (Å²) in [4.78, 5) is 70.3. The van der Waals surface area contributed by atoms with E-state index in [2.05, 4.69) is 117 Å². The Hall–Kier alpha value is -6.44. The Balaban J connectivity index is 0.000000158. The highest BCUT2D eigenvalue weighted by Crippen LogP contribution is 2.40. The van der Waals surface area contributed by atoms with Crippen molar-refractivity contribution in [3.8, 4) is 22.6 Å². The van der Waals surface area contributed by atoms with Gasteiger partial charge in [0.15, 0.2) is 11.6 Å². The van der Waals surface area contributed by atoms with Gasteiger partial charge in [0.05, 0.1) is 27.9 Å². The fourth-order valence-electron chi connectivity index (χ4n) is 11.6. The summed E-state index contributed by atoms with van der Waals surface area (Å²) in [6.45, 7) is 27.8. The summed E-state index contributed by atoms with van der Waals surface area (Å²) in [6, 6.07) is 19.9. The molecule has 4 N–H and O–H groups in total. The van der Waals surface area contributed by atoms with Crippen LogP contribution in [-0.2, 0) is 35.0 Å². The van der Waals surface area contributed by atoms with Gasteiger partial charge in [0.25, 0.3) is 11.1 Å². The lowest BCUT2D eigenvalue weighted by molar-refractivity contribution is 0.00578. The van der Waals surface area contributed by atoms with Crippen molar-refractivity contribution >= 4 is 51.7 Å². The summed E-state index contributed by atoms with van der Waals surface area (Å²) >= 11 is 3.56. The van der Waals surface area contributed by atoms with E-state index < -0.39 is 0 Å². The Labute approximate surface area is 503 Å². The maximum absolute atomic E-state index is 13.4. The molecule has 2 aromatic carbocycles. The number of anilines is 2. The van der Waals surface area contributed by atoms with Crippen LogP contribution in [0.2, 0.25) is 0 Å². The monoisotopic (exact) mass is 1210 g/mol. The Kier molecular flexibility index (Phi) is 20.2. The minimum atomic E-state index is -0.334. The average molecular weight is 1210 g/mol. The minimum Gasteiger partial charge on any atom is -0.490 e. The van der Waals surface area contributed by atoms with E-state index in [-0.39, 0.29) is 59.6 Å². The second-order valence-corrected chi connectivity index (χ2v) is 25.1. The zero-order valence-corrected chi connectivity index (χ0v) is 52.4. The standard InChI is InChI=1S/C30H36N4O3.C21H24BrNO3.C15H24BN3O2/c1-19-15-20(2)33-30(36)25(19)8-9-27(35)24-16-22-6-4-5-21(3)37-29(22)26(17-24)23-7-10-28(32-18-23)34-13-11-31-12-14-34;1-12-9-13(2)23-21(25)17(12)7-8-19(24)16-10-15-6-4-5-14(3)26-20(15)18(22)11-16;1-14(2)15(3,4)21-16(20-14)12-5-6-13(18-11-12)19-9-7-17-8-10-19/h7,10,15-18,21,31H,4-6,8-9,11-14H2,1-3H3,(H,33,36);9-11,14H,4-8H2,1-3H3,(H,23,25);5-6,11,17H,7-10H2,1-4H3. The summed E-state index contributed by atoms with van der Waals surface area (Å²) in [5.41, 5.74) is 10.4. The predicted octanol–water partition coefficient (Wildman–Crippen LogP) is 9.85. The van der Waals surface area contributed by atoms with Gasteiger partial charge < -0.3 is 49.2 Å². The molecule has 0 amide bonds. The summed E-state index contributed by atoms with van der Waals surface area (Å²) < 4.78 is 25.3. The molecule has 84 heavy (non-hydrogen) atoms. The van der Waals surface area contributed by atoms with Crippen molar-refractivity contribution in [1.82, 2.24) is 30.6 Å². The average Bonchev–Trinajstić information content (AvgIpc) is 2.87. The number of pyridine rings is 4. The van der Waals surface area contributed by atoms with Crippen molar-refractivity contribution in [2.75, 3.05) is 62.2 Å². The number of hydrogen-bond acceptors (Lipinski definition) is 14. The molecule has 5 aliphatic heterocycles. The number of aromatic nitrogens is 4. The highest BCUT2D eigenvalue weighted by molar-refractivity contribution is 9.10. The van der Waals surface area contributed by atoms with Crippen molar-refractivity contribution in [2.24, 2.45) is 0 Å². The predicted molar refractivity (Wildman–Crippen MR) is 338 cm³/mol. The molecule has 2 atom stereocenters. The fraction of sp³-hybridized carbons (Fsp3) is 0.485. The first kappa shape index (κ1) is 62.1. The van der Waals surface area contributed by atoms with Gasteiger partial charge in [-0.25, -0.2) is 9.97 Å². The number of halogens is 1. The minimum absolute atomic E-state index is 0.0334. The zero-order valence-electron chi connectivity index (χ0n) is 50.8. The number of rotatable bonds is 12. The first-order chi connectivity index (χ1) is 40.1. The van der Waals surface area contributed by atoms with E-state index in [1.54, 1.807) is 0 Å². The Morgan fingerprint density at radius 2 is 1.10 bits per heavy atom. The largest absolute Gasteiger partial charge is 0.496 e. The first-order valence-electron chi connectivity index (χ1n) is 30.1. The molecular weight excluding hydrogens is 1120 g/mol. The Bertz CT molecular complexity index is 3410. The molecular formula is C66H84BBrN8O8. The van der Waals surface area contributed by atoms with Gasteiger partial charge in [0.1, 0.15) is 23.1 Å². The number of carbonyl (C=O) groups is 2. The van der Waals surface area contributed by atoms with Crippen LogP contribution in [0.3, 0.4) is 0 Å². The molecule has 5 aliphatic rings. The first-order valence-corrected chi connectivity index (χ1v) is 30.9. The summed E-state index contributed by atoms with van der Waals surface area (Å²) in [5.74, 6) is 3.80. The number of hydrogen-bond donors (Lipinski definition) is 4. The summed E-state index contributed by atoms with van der Waals surface area (Å²) in [7, 11) is -0.334. The molecule has 0 spiro atoms. The van der Waals surface area contributed by atoms with E-state index in [0.29, 0.717) is 41.5 Å². The van der Waals surface area contributed by atoms with Crippen LogP contribution in [0.15, 0.2) is 87.1 Å². The number of carbonyl (C=O) groups excluding carboxylic acids is 2. The number of H-pyrrole nitrogens is 2. The second kappa shape index (κ2) is 27.3. The number of Topliss-reactive ketones (excluding diaryl/α,β-unsaturated/α-hetero) is 2. The zero-order chi connectivity index (χ0) is 59.9. The molecule has 4 aromatic heterocycles. The molecule has 9 heterocycles. The Morgan fingerprint density at radius 1 is 0.631 bits per heavy atom. The van der Waals surface area contributed by atoms with Gasteiger partial charge >= 0.3 is 7.12 Å². The lowest BCUT2D eigenvalue weighted by Crippen LogP contribution is -2.44. The second-order valence-electron chi connectivity index (χ2n) is 24.2. The van der Waals surface area contributed by atoms with Crippen LogP contribution >= 0.6 is 15.9 Å². The summed E-state index contributed by atoms with van der Waals surface area (Å²) in [5, 5.41) is 6.72. The fourth-order valence-corrected chi connectivity index (χ4v) is 12.2. The number of fused-ring (bicyclic) bond motifs is 2. The van der Waals surface area contributed by atoms with Crippen molar-refractivity contribution in [2.45, 2.75) is 157 Å². The number of aromatic amines is 2. The number of nitrogens with zero attached hydrogens (tertiary/aromatic N) is 4. The van der Waals surface area contributed by atoms with Crippen LogP contribution in [0.5, 0.6) is 11.5 Å². The maximum Gasteiger partial charge on any atom is 0.496 e. The smallest absolute Gasteiger partial charge is 0.490 e. The maximum atomic E-state index is 13.4. The number of benzene rings is 2. The van der Waals surface area contributed by atoms with Crippen LogP contribution in [0.1, 0.15) is 146 Å². The van der Waals surface area contributed by atoms with Gasteiger partial charge in [-0.1, -0.05) is 6.07 Å². The molecule has 16 nitrogen and oxygen atoms in total. The SMILES string of the molecule is CC1(C)OB(c2ccc(N3CCNCC3)nc2)OC1(C)C.Cc1cc(C)c(CCC(=O)c2cc(Br)c3c(c2)CCCC(C)O3)c(=O)[nH]1.Cc1cc(C)c(CCC(=O)c2cc3c(c(-c4ccc(N5CCNCC5)nc4)c2)OC(C)CCC3)c(=O)[nH]1. The summed E-state index contributed by atoms with van der Waals surface area (Å²) in [6.07, 6.45) is 11.4. The van der Waals surface area contributed by atoms with Crippen molar-refractivity contribution in [3.05, 3.63) is 154 Å². The highest BCUT2D eigenvalue weighted by atomic mass is 79.9. The molecule has 11 rings (SSSR count). The van der Waals surface area contributed by atoms with Gasteiger partial charge in [-0.05, 0) is 213 Å². The number of aryl methyl sites for hydroxylation is 6. The van der Waals surface area contributed by atoms with Crippen molar-refractivity contribution in [3.63, 3.8) is 0 Å². The lowest BCUT2D eigenvalue weighted by atomic mass is 9.80. The topological polar surface area (TPSA) is 193 Å². The number of ketones is 2. The van der Waals surface area contributed by atoms with Crippen LogP contribution in [0.4, 0.5) is 11.6 Å². The number of ether oxygens (including phenoxy) is 2. The third-order valence-corrected chi connectivity index (χ3v) is 17.7. The lowest BCUT2D eigenvalue weighted by Gasteiger charge is -2.32. The van der Waals surface area contributed by atoms with Gasteiger partial charge in [-0.3, -0.25) is 19.2 Å². The quantitative estimate of drug-likeness (QED) is 0.0668. The van der Waals surface area contributed by atoms with Gasteiger partial charge in [-0.2, -0.15) is 0 Å². The molecule has 6 aromatic rings. The van der Waals surface area contributed by atoms with Crippen molar-refractivity contribution < 1.29 is 28.4 Å². The van der Waals surface area contributed by atoms with Crippen LogP contribution in [0.25, 0.3) is 11.1 Å². The van der Waals surface area contributed by atoms with E-state index in [1.807, 2.05) is 76.5 Å². The molecule has 0 saturated carbocycles. The number of piperazine rings is 2. The van der Waals surface area contributed by atoms with E-state index in [4.69, 9.17) is 23.8 Å². The molecule has 0 bridgehead atoms. The molecule has 0 aliphatic carbocycles. The van der Waals surface area contributed by atoms with E-state index in [9.17, 15) is 19.2 Å². The van der Waals surface area contributed by atoms with Crippen LogP contribution in [-0.4, -0.2) is 114 Å². The molecule has 446 valence electrons. The van der Waals surface area contributed by atoms with Crippen LogP contribution < -0.4 is 46.5 Å². The van der Waals surface area contributed by atoms with E-state index >= 15 is 0 Å². The molecule has 0 radical (unpaired) electrons. The van der Waals surface area contributed by atoms with E-state index in [1.165, 1.54) is 0 Å². The Morgan fingerprint density at radius 3 is 1.56 bits per heavy atom. The normalized spacial score (nSPS) is 19.0. The third-order valence-electron chi connectivity index (χ3n) is 17.1. The highest BCUT2D eigenvalue weighted by Gasteiger charge is 2.52. The molecule has 3 saturated heterocycles. The van der Waals surface area contributed by atoms with Gasteiger partial charge in [-0.15, -0.1) is 0 Å². The molecule has 18 heteroatoms. The number of nitrogens with one attached hydrogen (secondary N) is 4. The molecule has 2 unspecified atom stereocenters.